The van der Waals surface area contributed by atoms with E-state index in [0.29, 0.717) is 43.7 Å². The Bertz CT molecular complexity index is 1300. The lowest BCUT2D eigenvalue weighted by molar-refractivity contribution is 0.388. The quantitative estimate of drug-likeness (QED) is 0.255. The summed E-state index contributed by atoms with van der Waals surface area (Å²) in [5, 5.41) is 3.34. The van der Waals surface area contributed by atoms with Crippen molar-refractivity contribution in [1.29, 1.82) is 0 Å². The average molecular weight is 493 g/mol. The molecule has 2 heterocycles. The fourth-order valence-corrected chi connectivity index (χ4v) is 3.87. The third kappa shape index (κ3) is 4.61. The Labute approximate surface area is 199 Å². The minimum atomic E-state index is 0.385. The molecule has 0 atom stereocenters. The number of hydrazine groups is 1. The highest BCUT2D eigenvalue weighted by Crippen LogP contribution is 2.32. The zero-order chi connectivity index (χ0) is 22.1. The summed E-state index contributed by atoms with van der Waals surface area (Å²) in [6.45, 7) is 0.385. The van der Waals surface area contributed by atoms with Gasteiger partial charge in [0.1, 0.15) is 5.65 Å². The van der Waals surface area contributed by atoms with Gasteiger partial charge in [-0.15, -0.1) is 0 Å². The van der Waals surface area contributed by atoms with Gasteiger partial charge in [0.15, 0.2) is 0 Å². The monoisotopic (exact) mass is 491 g/mol. The predicted octanol–water partition coefficient (Wildman–Crippen LogP) is 6.25. The number of imidazole rings is 1. The van der Waals surface area contributed by atoms with E-state index in [-0.39, 0.29) is 0 Å². The molecule has 2 aromatic heterocycles. The maximum absolute atomic E-state index is 6.49. The average Bonchev–Trinajstić information content (AvgIpc) is 3.12. The summed E-state index contributed by atoms with van der Waals surface area (Å²) in [4.78, 5) is 4.74. The van der Waals surface area contributed by atoms with Crippen molar-refractivity contribution in [2.24, 2.45) is 11.6 Å². The molecule has 5 nitrogen and oxygen atoms in total. The lowest BCUT2D eigenvalue weighted by Crippen LogP contribution is -2.26. The number of hydrogen-bond acceptors (Lipinski definition) is 4. The van der Waals surface area contributed by atoms with Crippen molar-refractivity contribution in [2.75, 3.05) is 0 Å². The largest absolute Gasteiger partial charge is 0.396 e. The summed E-state index contributed by atoms with van der Waals surface area (Å²) in [6.07, 6.45) is 3.54. The minimum absolute atomic E-state index is 0.385. The first-order chi connectivity index (χ1) is 14.8. The molecule has 4 aromatic rings. The fraction of sp³-hybridized carbons (Fsp3) is 0.0455. The van der Waals surface area contributed by atoms with E-state index in [0.717, 1.165) is 16.8 Å². The summed E-state index contributed by atoms with van der Waals surface area (Å²) in [7, 11) is 0. The van der Waals surface area contributed by atoms with Gasteiger partial charge in [-0.05, 0) is 42.0 Å². The number of halogens is 4. The molecule has 0 radical (unpaired) electrons. The van der Waals surface area contributed by atoms with Crippen LogP contribution in [0, 0.1) is 0 Å². The van der Waals surface area contributed by atoms with Gasteiger partial charge in [-0.1, -0.05) is 64.6 Å². The molecule has 0 saturated carbocycles. The van der Waals surface area contributed by atoms with E-state index in [1.54, 1.807) is 30.5 Å². The van der Waals surface area contributed by atoms with Gasteiger partial charge in [0.05, 0.1) is 43.7 Å². The van der Waals surface area contributed by atoms with Crippen molar-refractivity contribution < 1.29 is 0 Å². The van der Waals surface area contributed by atoms with Gasteiger partial charge in [-0.25, -0.2) is 10.8 Å². The van der Waals surface area contributed by atoms with Crippen molar-refractivity contribution >= 4 is 57.7 Å². The Morgan fingerprint density at radius 2 is 1.65 bits per heavy atom. The van der Waals surface area contributed by atoms with Gasteiger partial charge in [-0.3, -0.25) is 4.40 Å². The van der Waals surface area contributed by atoms with Crippen molar-refractivity contribution in [3.05, 3.63) is 98.3 Å². The van der Waals surface area contributed by atoms with Gasteiger partial charge in [0, 0.05) is 18.0 Å². The van der Waals surface area contributed by atoms with Crippen molar-refractivity contribution in [3.63, 3.8) is 0 Å². The number of rotatable bonds is 5. The van der Waals surface area contributed by atoms with E-state index < -0.39 is 0 Å². The highest BCUT2D eigenvalue weighted by atomic mass is 35.5. The highest BCUT2D eigenvalue weighted by Gasteiger charge is 2.17. The van der Waals surface area contributed by atoms with E-state index in [1.165, 1.54) is 5.01 Å². The normalized spacial score (nSPS) is 11.8. The van der Waals surface area contributed by atoms with Gasteiger partial charge in [0.2, 0.25) is 0 Å². The van der Waals surface area contributed by atoms with Crippen LogP contribution in [0.1, 0.15) is 11.3 Å². The van der Waals surface area contributed by atoms with E-state index >= 15 is 0 Å². The molecule has 0 fully saturated rings. The number of hydrogen-bond donors (Lipinski definition) is 2. The van der Waals surface area contributed by atoms with Crippen LogP contribution in [-0.4, -0.2) is 14.4 Å². The highest BCUT2D eigenvalue weighted by molar-refractivity contribution is 6.42. The Morgan fingerprint density at radius 3 is 2.35 bits per heavy atom. The minimum Gasteiger partial charge on any atom is -0.396 e. The number of nitrogens with zero attached hydrogens (tertiary/aromatic N) is 3. The number of fused-ring (bicyclic) bond motifs is 1. The molecule has 0 aliphatic heterocycles. The molecular weight excluding hydrogens is 476 g/mol. The zero-order valence-electron chi connectivity index (χ0n) is 16.1. The number of benzene rings is 2. The molecule has 31 heavy (non-hydrogen) atoms. The second kappa shape index (κ2) is 8.99. The Hall–Kier alpha value is -2.41. The molecule has 0 saturated heterocycles. The second-order valence-electron chi connectivity index (χ2n) is 6.87. The third-order valence-corrected chi connectivity index (χ3v) is 6.13. The van der Waals surface area contributed by atoms with Gasteiger partial charge >= 0.3 is 0 Å². The van der Waals surface area contributed by atoms with E-state index in [1.807, 2.05) is 40.9 Å². The van der Waals surface area contributed by atoms with Gasteiger partial charge < -0.3 is 10.7 Å². The summed E-state index contributed by atoms with van der Waals surface area (Å²) in [5.41, 5.74) is 10.7. The van der Waals surface area contributed by atoms with Crippen LogP contribution < -0.4 is 11.6 Å². The van der Waals surface area contributed by atoms with E-state index in [2.05, 4.69) is 0 Å². The molecule has 0 amide bonds. The lowest BCUT2D eigenvalue weighted by atomic mass is 10.1. The molecule has 158 valence electrons. The molecule has 0 unspecified atom stereocenters. The van der Waals surface area contributed by atoms with Crippen LogP contribution in [0.2, 0.25) is 20.1 Å². The molecule has 4 rings (SSSR count). The van der Waals surface area contributed by atoms with Crippen molar-refractivity contribution in [3.8, 4) is 11.3 Å². The fourth-order valence-electron chi connectivity index (χ4n) is 3.25. The van der Waals surface area contributed by atoms with E-state index in [9.17, 15) is 0 Å². The Balaban J connectivity index is 1.74. The molecule has 9 heteroatoms. The zero-order valence-corrected chi connectivity index (χ0v) is 19.1. The second-order valence-corrected chi connectivity index (χ2v) is 8.50. The Kier molecular flexibility index (Phi) is 6.32. The molecule has 4 N–H and O–H groups in total. The van der Waals surface area contributed by atoms with Crippen LogP contribution >= 0.6 is 46.4 Å². The summed E-state index contributed by atoms with van der Waals surface area (Å²) >= 11 is 24.4. The van der Waals surface area contributed by atoms with Gasteiger partial charge in [0.25, 0.3) is 0 Å². The molecule has 0 aliphatic rings. The maximum Gasteiger partial charge on any atom is 0.137 e. The summed E-state index contributed by atoms with van der Waals surface area (Å²) in [5.74, 6) is 6.21. The molecule has 0 aliphatic carbocycles. The van der Waals surface area contributed by atoms with Crippen molar-refractivity contribution in [2.45, 2.75) is 6.54 Å². The molecule has 0 spiro atoms. The van der Waals surface area contributed by atoms with Crippen LogP contribution in [0.5, 0.6) is 0 Å². The third-order valence-electron chi connectivity index (χ3n) is 4.65. The first-order valence-electron chi connectivity index (χ1n) is 9.19. The van der Waals surface area contributed by atoms with Crippen LogP contribution in [0.4, 0.5) is 0 Å². The van der Waals surface area contributed by atoms with E-state index in [4.69, 9.17) is 63.0 Å². The number of aromatic nitrogens is 2. The summed E-state index contributed by atoms with van der Waals surface area (Å²) in [6, 6.07) is 16.4. The number of pyridine rings is 1. The first kappa shape index (κ1) is 21.8. The van der Waals surface area contributed by atoms with Crippen LogP contribution in [0.25, 0.3) is 22.6 Å². The smallest absolute Gasteiger partial charge is 0.137 e. The molecular formula is C22H17Cl4N5. The Morgan fingerprint density at radius 1 is 0.935 bits per heavy atom. The van der Waals surface area contributed by atoms with Crippen LogP contribution in [-0.2, 0) is 6.54 Å². The number of nitrogens with two attached hydrogens (primary N) is 2. The van der Waals surface area contributed by atoms with Crippen LogP contribution in [0.15, 0.2) is 67.0 Å². The molecule has 0 bridgehead atoms. The molecule has 2 aromatic carbocycles. The topological polar surface area (TPSA) is 72.6 Å². The summed E-state index contributed by atoms with van der Waals surface area (Å²) < 4.78 is 1.90. The maximum atomic E-state index is 6.49. The predicted molar refractivity (Wildman–Crippen MR) is 129 cm³/mol. The van der Waals surface area contributed by atoms with Crippen LogP contribution in [0.3, 0.4) is 0 Å². The SMILES string of the molecule is N/C(=C\N(N)Cc1ccc(Cl)c(Cl)c1)c1c(-c2ccc(Cl)c(Cl)c2)nc2ccccn12. The standard InChI is InChI=1S/C22H17Cl4N5/c23-15-6-4-13(9-17(15)25)11-30(28)12-19(27)22-21(14-5-7-16(24)18(26)10-14)29-20-3-1-2-8-31(20)22/h1-10,12H,11,27-28H2/b19-12-. The first-order valence-corrected chi connectivity index (χ1v) is 10.7. The lowest BCUT2D eigenvalue weighted by Gasteiger charge is -2.16. The van der Waals surface area contributed by atoms with Gasteiger partial charge in [-0.2, -0.15) is 0 Å². The van der Waals surface area contributed by atoms with Crippen molar-refractivity contribution in [1.82, 2.24) is 14.4 Å².